The molecular weight excluding hydrogens is 328 g/mol. The molecule has 0 aromatic heterocycles. The summed E-state index contributed by atoms with van der Waals surface area (Å²) in [5.41, 5.74) is 2.95. The Morgan fingerprint density at radius 1 is 1.45 bits per heavy atom. The van der Waals surface area contributed by atoms with Gasteiger partial charge in [-0.25, -0.2) is 15.1 Å². The molecule has 1 aliphatic heterocycles. The first-order chi connectivity index (χ1) is 9.69. The number of rotatable bonds is 4. The molecular formula is C13H17BrN2O4. The number of urea groups is 1. The highest BCUT2D eigenvalue weighted by Crippen LogP contribution is 2.26. The summed E-state index contributed by atoms with van der Waals surface area (Å²) >= 11 is 3.36. The molecule has 0 spiro atoms. The molecule has 0 bridgehead atoms. The van der Waals surface area contributed by atoms with E-state index in [4.69, 9.17) is 14.3 Å². The Bertz CT molecular complexity index is 464. The molecule has 1 aromatic rings. The van der Waals surface area contributed by atoms with Crippen molar-refractivity contribution in [1.29, 1.82) is 0 Å². The molecule has 6 nitrogen and oxygen atoms in total. The molecule has 2 amide bonds. The summed E-state index contributed by atoms with van der Waals surface area (Å²) in [6.07, 6.45) is 2.49. The topological polar surface area (TPSA) is 68.8 Å². The highest BCUT2D eigenvalue weighted by molar-refractivity contribution is 9.10. The third-order valence-electron chi connectivity index (χ3n) is 2.85. The van der Waals surface area contributed by atoms with Gasteiger partial charge in [-0.15, -0.1) is 0 Å². The molecule has 0 unspecified atom stereocenters. The van der Waals surface area contributed by atoms with Gasteiger partial charge in [-0.3, -0.25) is 0 Å². The van der Waals surface area contributed by atoms with E-state index in [2.05, 4.69) is 26.7 Å². The number of carbonyl (C=O) groups excluding carboxylic acids is 1. The van der Waals surface area contributed by atoms with Gasteiger partial charge in [-0.1, -0.05) is 0 Å². The molecule has 1 heterocycles. The van der Waals surface area contributed by atoms with Crippen LogP contribution in [0.1, 0.15) is 19.3 Å². The summed E-state index contributed by atoms with van der Waals surface area (Å²) in [5.74, 6) is 0.703. The third kappa shape index (κ3) is 4.36. The summed E-state index contributed by atoms with van der Waals surface area (Å²) in [6.45, 7) is 0.665. The molecule has 2 rings (SSSR count). The predicted octanol–water partition coefficient (Wildman–Crippen LogP) is 3.04. The van der Waals surface area contributed by atoms with E-state index in [0.717, 1.165) is 23.7 Å². The van der Waals surface area contributed by atoms with Crippen molar-refractivity contribution in [2.24, 2.45) is 0 Å². The highest BCUT2D eigenvalue weighted by Gasteiger charge is 2.16. The van der Waals surface area contributed by atoms with Crippen LogP contribution < -0.4 is 15.5 Å². The predicted molar refractivity (Wildman–Crippen MR) is 77.5 cm³/mol. The number of halogens is 1. The quantitative estimate of drug-likeness (QED) is 0.823. The number of nitrogens with one attached hydrogen (secondary N) is 2. The maximum atomic E-state index is 11.7. The van der Waals surface area contributed by atoms with Crippen molar-refractivity contribution >= 4 is 27.6 Å². The van der Waals surface area contributed by atoms with Crippen LogP contribution >= 0.6 is 15.9 Å². The Morgan fingerprint density at radius 3 is 2.95 bits per heavy atom. The van der Waals surface area contributed by atoms with Gasteiger partial charge in [0.2, 0.25) is 0 Å². The Balaban J connectivity index is 1.81. The number of benzene rings is 1. The van der Waals surface area contributed by atoms with Gasteiger partial charge in [-0.2, -0.15) is 0 Å². The number of hydrogen-bond acceptors (Lipinski definition) is 4. The van der Waals surface area contributed by atoms with Gasteiger partial charge >= 0.3 is 6.03 Å². The zero-order valence-electron chi connectivity index (χ0n) is 11.1. The van der Waals surface area contributed by atoms with Crippen molar-refractivity contribution in [2.75, 3.05) is 19.0 Å². The Hall–Kier alpha value is -1.31. The van der Waals surface area contributed by atoms with Gasteiger partial charge < -0.3 is 14.8 Å². The minimum Gasteiger partial charge on any atom is -0.497 e. The average Bonchev–Trinajstić information content (AvgIpc) is 2.48. The zero-order chi connectivity index (χ0) is 14.4. The lowest BCUT2D eigenvalue weighted by Gasteiger charge is -2.22. The third-order valence-corrected chi connectivity index (χ3v) is 3.50. The fourth-order valence-electron chi connectivity index (χ4n) is 1.80. The lowest BCUT2D eigenvalue weighted by molar-refractivity contribution is -0.185. The summed E-state index contributed by atoms with van der Waals surface area (Å²) in [4.78, 5) is 16.9. The van der Waals surface area contributed by atoms with E-state index in [1.807, 2.05) is 0 Å². The van der Waals surface area contributed by atoms with Gasteiger partial charge in [-0.05, 0) is 47.0 Å². The van der Waals surface area contributed by atoms with Gasteiger partial charge in [0.1, 0.15) is 5.75 Å². The van der Waals surface area contributed by atoms with Crippen molar-refractivity contribution in [3.8, 4) is 5.75 Å². The maximum absolute atomic E-state index is 11.7. The van der Waals surface area contributed by atoms with Crippen molar-refractivity contribution < 1.29 is 19.1 Å². The highest BCUT2D eigenvalue weighted by atomic mass is 79.9. The molecule has 0 saturated carbocycles. The summed E-state index contributed by atoms with van der Waals surface area (Å²) in [6, 6.07) is 4.80. The number of hydroxylamine groups is 1. The molecule has 0 radical (unpaired) electrons. The van der Waals surface area contributed by atoms with Crippen LogP contribution in [0.2, 0.25) is 0 Å². The van der Waals surface area contributed by atoms with Crippen molar-refractivity contribution in [3.05, 3.63) is 22.7 Å². The van der Waals surface area contributed by atoms with Gasteiger partial charge in [0.15, 0.2) is 6.29 Å². The Morgan fingerprint density at radius 2 is 2.30 bits per heavy atom. The zero-order valence-corrected chi connectivity index (χ0v) is 12.7. The standard InChI is InChI=1S/C13H17BrN2O4/c1-18-9-5-6-11(10(14)8-9)15-13(17)16-20-12-4-2-3-7-19-12/h5-6,8,12H,2-4,7H2,1H3,(H2,15,16,17)/t12-/m0/s1. The smallest absolute Gasteiger partial charge is 0.343 e. The number of amides is 2. The van der Waals surface area contributed by atoms with Crippen LogP contribution in [0.25, 0.3) is 0 Å². The molecule has 7 heteroatoms. The van der Waals surface area contributed by atoms with Crippen LogP contribution in [0.15, 0.2) is 22.7 Å². The minimum atomic E-state index is -0.454. The van der Waals surface area contributed by atoms with E-state index in [9.17, 15) is 4.79 Å². The van der Waals surface area contributed by atoms with E-state index in [1.54, 1.807) is 25.3 Å². The van der Waals surface area contributed by atoms with Crippen molar-refractivity contribution in [1.82, 2.24) is 5.48 Å². The van der Waals surface area contributed by atoms with E-state index in [1.165, 1.54) is 0 Å². The first kappa shape index (κ1) is 15.1. The van der Waals surface area contributed by atoms with Crippen LogP contribution in [0.3, 0.4) is 0 Å². The van der Waals surface area contributed by atoms with E-state index in [-0.39, 0.29) is 6.29 Å². The SMILES string of the molecule is COc1ccc(NC(=O)NO[C@H]2CCCCO2)c(Br)c1. The molecule has 1 aromatic carbocycles. The first-order valence-corrected chi connectivity index (χ1v) is 7.16. The number of ether oxygens (including phenoxy) is 2. The molecule has 110 valence electrons. The minimum absolute atomic E-state index is 0.367. The van der Waals surface area contributed by atoms with Gasteiger partial charge in [0, 0.05) is 17.5 Å². The molecule has 2 N–H and O–H groups in total. The average molecular weight is 345 g/mol. The second kappa shape index (κ2) is 7.47. The van der Waals surface area contributed by atoms with E-state index >= 15 is 0 Å². The van der Waals surface area contributed by atoms with E-state index < -0.39 is 6.03 Å². The number of anilines is 1. The van der Waals surface area contributed by atoms with Gasteiger partial charge in [0.25, 0.3) is 0 Å². The first-order valence-electron chi connectivity index (χ1n) is 6.37. The van der Waals surface area contributed by atoms with Crippen molar-refractivity contribution in [2.45, 2.75) is 25.6 Å². The normalized spacial score (nSPS) is 18.4. The number of hydrogen-bond donors (Lipinski definition) is 2. The summed E-state index contributed by atoms with van der Waals surface area (Å²) in [5, 5.41) is 2.67. The van der Waals surface area contributed by atoms with Crippen LogP contribution in [-0.4, -0.2) is 26.0 Å². The molecule has 20 heavy (non-hydrogen) atoms. The van der Waals surface area contributed by atoms with Crippen LogP contribution in [0.4, 0.5) is 10.5 Å². The fourth-order valence-corrected chi connectivity index (χ4v) is 2.25. The van der Waals surface area contributed by atoms with Crippen molar-refractivity contribution in [3.63, 3.8) is 0 Å². The Labute approximate surface area is 125 Å². The molecule has 1 fully saturated rings. The van der Waals surface area contributed by atoms with Crippen LogP contribution in [0.5, 0.6) is 5.75 Å². The summed E-state index contributed by atoms with van der Waals surface area (Å²) in [7, 11) is 1.58. The second-order valence-corrected chi connectivity index (χ2v) is 5.17. The lowest BCUT2D eigenvalue weighted by Crippen LogP contribution is -2.35. The molecule has 1 saturated heterocycles. The maximum Gasteiger partial charge on any atom is 0.343 e. The lowest BCUT2D eigenvalue weighted by atomic mass is 10.2. The monoisotopic (exact) mass is 344 g/mol. The Kier molecular flexibility index (Phi) is 5.63. The second-order valence-electron chi connectivity index (χ2n) is 4.32. The molecule has 1 aliphatic rings. The van der Waals surface area contributed by atoms with E-state index in [0.29, 0.717) is 18.0 Å². The van der Waals surface area contributed by atoms with Crippen LogP contribution in [0, 0.1) is 0 Å². The fraction of sp³-hybridized carbons (Fsp3) is 0.462. The number of carbonyl (C=O) groups is 1. The van der Waals surface area contributed by atoms with Gasteiger partial charge in [0.05, 0.1) is 12.8 Å². The van der Waals surface area contributed by atoms with Crippen LogP contribution in [-0.2, 0) is 9.57 Å². The molecule has 0 aliphatic carbocycles. The largest absolute Gasteiger partial charge is 0.497 e. The number of methoxy groups -OCH3 is 1. The molecule has 1 atom stereocenters. The summed E-state index contributed by atoms with van der Waals surface area (Å²) < 4.78 is 11.1.